The second-order valence-corrected chi connectivity index (χ2v) is 6.06. The van der Waals surface area contributed by atoms with E-state index in [9.17, 15) is 10.1 Å². The Morgan fingerprint density at radius 3 is 2.84 bits per heavy atom. The van der Waals surface area contributed by atoms with Crippen LogP contribution >= 0.6 is 0 Å². The highest BCUT2D eigenvalue weighted by atomic mass is 16.5. The highest BCUT2D eigenvalue weighted by Crippen LogP contribution is 2.25. The van der Waals surface area contributed by atoms with Crippen LogP contribution in [0.4, 0.5) is 5.82 Å². The number of nitrogens with zero attached hydrogens (tertiary/aromatic N) is 2. The number of aromatic nitrogens is 1. The predicted molar refractivity (Wildman–Crippen MR) is 92.4 cm³/mol. The number of carbonyl (C=O) groups is 1. The predicted octanol–water partition coefficient (Wildman–Crippen LogP) is 2.66. The SMILES string of the molecule is Cc1cc(C)cc(OCC(=O)Nc2ncc3c(c2C#N)COCC3)c1. The Balaban J connectivity index is 1.70. The lowest BCUT2D eigenvalue weighted by Crippen LogP contribution is -2.23. The molecular formula is C19H19N3O3. The van der Waals surface area contributed by atoms with Gasteiger partial charge in [-0.3, -0.25) is 4.79 Å². The van der Waals surface area contributed by atoms with Gasteiger partial charge in [0.25, 0.3) is 5.91 Å². The Labute approximate surface area is 146 Å². The van der Waals surface area contributed by atoms with E-state index in [-0.39, 0.29) is 18.3 Å². The first-order valence-electron chi connectivity index (χ1n) is 8.06. The molecule has 0 atom stereocenters. The number of ether oxygens (including phenoxy) is 2. The van der Waals surface area contributed by atoms with Crippen molar-refractivity contribution in [2.24, 2.45) is 0 Å². The van der Waals surface area contributed by atoms with Crippen LogP contribution in [-0.2, 0) is 22.6 Å². The van der Waals surface area contributed by atoms with Crippen molar-refractivity contribution in [2.75, 3.05) is 18.5 Å². The molecule has 2 heterocycles. The molecule has 1 aliphatic rings. The van der Waals surface area contributed by atoms with E-state index in [0.29, 0.717) is 24.5 Å². The average molecular weight is 337 g/mol. The van der Waals surface area contributed by atoms with Crippen molar-refractivity contribution in [1.29, 1.82) is 5.26 Å². The third kappa shape index (κ3) is 3.95. The van der Waals surface area contributed by atoms with Crippen molar-refractivity contribution in [3.05, 3.63) is 52.2 Å². The van der Waals surface area contributed by atoms with Crippen LogP contribution in [0.5, 0.6) is 5.75 Å². The van der Waals surface area contributed by atoms with Crippen molar-refractivity contribution >= 4 is 11.7 Å². The fourth-order valence-corrected chi connectivity index (χ4v) is 2.87. The molecule has 1 aromatic carbocycles. The van der Waals surface area contributed by atoms with Gasteiger partial charge in [0.2, 0.25) is 0 Å². The Bertz CT molecular complexity index is 835. The summed E-state index contributed by atoms with van der Waals surface area (Å²) in [5.41, 5.74) is 4.29. The summed E-state index contributed by atoms with van der Waals surface area (Å²) in [5, 5.41) is 12.1. The normalized spacial score (nSPS) is 12.8. The van der Waals surface area contributed by atoms with Gasteiger partial charge >= 0.3 is 0 Å². The third-order valence-corrected chi connectivity index (χ3v) is 3.97. The molecule has 1 amide bonds. The zero-order chi connectivity index (χ0) is 17.8. The van der Waals surface area contributed by atoms with Gasteiger partial charge in [0.15, 0.2) is 12.4 Å². The number of hydrogen-bond acceptors (Lipinski definition) is 5. The summed E-state index contributed by atoms with van der Waals surface area (Å²) in [7, 11) is 0. The van der Waals surface area contributed by atoms with Gasteiger partial charge in [-0.1, -0.05) is 6.07 Å². The molecule has 0 unspecified atom stereocenters. The third-order valence-electron chi connectivity index (χ3n) is 3.97. The Hall–Kier alpha value is -2.91. The minimum atomic E-state index is -0.361. The maximum atomic E-state index is 12.2. The van der Waals surface area contributed by atoms with Gasteiger partial charge in [-0.25, -0.2) is 4.98 Å². The number of nitriles is 1. The minimum Gasteiger partial charge on any atom is -0.484 e. The van der Waals surface area contributed by atoms with Gasteiger partial charge in [-0.15, -0.1) is 0 Å². The van der Waals surface area contributed by atoms with Gasteiger partial charge in [0.1, 0.15) is 17.4 Å². The minimum absolute atomic E-state index is 0.150. The molecule has 0 saturated heterocycles. The van der Waals surface area contributed by atoms with Crippen LogP contribution in [-0.4, -0.2) is 24.1 Å². The summed E-state index contributed by atoms with van der Waals surface area (Å²) >= 11 is 0. The number of pyridine rings is 1. The molecule has 6 heteroatoms. The highest BCUT2D eigenvalue weighted by molar-refractivity contribution is 5.92. The molecule has 128 valence electrons. The number of amides is 1. The van der Waals surface area contributed by atoms with E-state index in [1.54, 1.807) is 6.20 Å². The van der Waals surface area contributed by atoms with Crippen LogP contribution in [0.1, 0.15) is 27.8 Å². The molecule has 6 nitrogen and oxygen atoms in total. The van der Waals surface area contributed by atoms with Crippen LogP contribution in [0.3, 0.4) is 0 Å². The van der Waals surface area contributed by atoms with E-state index in [4.69, 9.17) is 9.47 Å². The van der Waals surface area contributed by atoms with Gasteiger partial charge in [0, 0.05) is 11.8 Å². The lowest BCUT2D eigenvalue weighted by atomic mass is 10.0. The van der Waals surface area contributed by atoms with Crippen molar-refractivity contribution in [1.82, 2.24) is 4.98 Å². The number of benzene rings is 1. The number of carbonyl (C=O) groups excluding carboxylic acids is 1. The van der Waals surface area contributed by atoms with E-state index in [1.165, 1.54) is 0 Å². The van der Waals surface area contributed by atoms with Crippen LogP contribution in [0.2, 0.25) is 0 Å². The quantitative estimate of drug-likeness (QED) is 0.927. The Kier molecular flexibility index (Phi) is 4.96. The Morgan fingerprint density at radius 2 is 2.12 bits per heavy atom. The second-order valence-electron chi connectivity index (χ2n) is 6.06. The molecule has 2 aromatic rings. The van der Waals surface area contributed by atoms with E-state index in [0.717, 1.165) is 28.7 Å². The first kappa shape index (κ1) is 16.9. The number of nitrogens with one attached hydrogen (secondary N) is 1. The highest BCUT2D eigenvalue weighted by Gasteiger charge is 2.19. The van der Waals surface area contributed by atoms with E-state index in [2.05, 4.69) is 16.4 Å². The molecule has 0 radical (unpaired) electrons. The fraction of sp³-hybridized carbons (Fsp3) is 0.316. The first-order valence-corrected chi connectivity index (χ1v) is 8.06. The summed E-state index contributed by atoms with van der Waals surface area (Å²) < 4.78 is 11.0. The smallest absolute Gasteiger partial charge is 0.263 e. The van der Waals surface area contributed by atoms with Gasteiger partial charge in [-0.2, -0.15) is 5.26 Å². The number of rotatable bonds is 4. The molecule has 0 bridgehead atoms. The fourth-order valence-electron chi connectivity index (χ4n) is 2.87. The van der Waals surface area contributed by atoms with Crippen LogP contribution in [0.15, 0.2) is 24.4 Å². The summed E-state index contributed by atoms with van der Waals surface area (Å²) in [6.07, 6.45) is 2.42. The second kappa shape index (κ2) is 7.32. The topological polar surface area (TPSA) is 84.2 Å². The van der Waals surface area contributed by atoms with Gasteiger partial charge in [-0.05, 0) is 49.1 Å². The molecule has 1 aliphatic heterocycles. The molecule has 0 fully saturated rings. The molecular weight excluding hydrogens is 318 g/mol. The molecule has 0 aliphatic carbocycles. The molecule has 25 heavy (non-hydrogen) atoms. The zero-order valence-corrected chi connectivity index (χ0v) is 14.3. The standard InChI is InChI=1S/C19H19N3O3/c1-12-5-13(2)7-15(6-12)25-11-18(23)22-19-16(8-20)17-10-24-4-3-14(17)9-21-19/h5-7,9H,3-4,10-11H2,1-2H3,(H,21,22,23). The Morgan fingerprint density at radius 1 is 1.36 bits per heavy atom. The lowest BCUT2D eigenvalue weighted by Gasteiger charge is -2.18. The number of aryl methyl sites for hydroxylation is 2. The van der Waals surface area contributed by atoms with Crippen LogP contribution in [0.25, 0.3) is 0 Å². The molecule has 3 rings (SSSR count). The van der Waals surface area contributed by atoms with E-state index in [1.807, 2.05) is 32.0 Å². The first-order chi connectivity index (χ1) is 12.1. The van der Waals surface area contributed by atoms with Crippen LogP contribution in [0, 0.1) is 25.2 Å². The van der Waals surface area contributed by atoms with Crippen molar-refractivity contribution < 1.29 is 14.3 Å². The molecule has 0 spiro atoms. The monoisotopic (exact) mass is 337 g/mol. The number of hydrogen-bond donors (Lipinski definition) is 1. The van der Waals surface area contributed by atoms with Crippen molar-refractivity contribution in [3.63, 3.8) is 0 Å². The van der Waals surface area contributed by atoms with Gasteiger partial charge in [0.05, 0.1) is 13.2 Å². The largest absolute Gasteiger partial charge is 0.484 e. The van der Waals surface area contributed by atoms with Gasteiger partial charge < -0.3 is 14.8 Å². The summed E-state index contributed by atoms with van der Waals surface area (Å²) in [6, 6.07) is 7.89. The summed E-state index contributed by atoms with van der Waals surface area (Å²) in [5.74, 6) is 0.528. The molecule has 1 N–H and O–H groups in total. The summed E-state index contributed by atoms with van der Waals surface area (Å²) in [4.78, 5) is 16.4. The molecule has 1 aromatic heterocycles. The number of anilines is 1. The van der Waals surface area contributed by atoms with Crippen molar-refractivity contribution in [2.45, 2.75) is 26.9 Å². The molecule has 0 saturated carbocycles. The lowest BCUT2D eigenvalue weighted by molar-refractivity contribution is -0.118. The summed E-state index contributed by atoms with van der Waals surface area (Å²) in [6.45, 7) is 4.77. The van der Waals surface area contributed by atoms with Crippen molar-refractivity contribution in [3.8, 4) is 11.8 Å². The van der Waals surface area contributed by atoms with Crippen LogP contribution < -0.4 is 10.1 Å². The van der Waals surface area contributed by atoms with E-state index >= 15 is 0 Å². The zero-order valence-electron chi connectivity index (χ0n) is 14.3. The maximum absolute atomic E-state index is 12.2. The average Bonchev–Trinajstić information content (AvgIpc) is 2.59. The maximum Gasteiger partial charge on any atom is 0.263 e. The van der Waals surface area contributed by atoms with E-state index < -0.39 is 0 Å². The number of fused-ring (bicyclic) bond motifs is 1.